The number of H-pyrrole nitrogens is 1. The number of aromatic amines is 1. The van der Waals surface area contributed by atoms with Gasteiger partial charge in [-0.1, -0.05) is 0 Å². The number of rotatable bonds is 8. The molecule has 0 spiro atoms. The number of allylic oxidation sites excluding steroid dienone is 1. The first kappa shape index (κ1) is 23.7. The molecule has 10 nitrogen and oxygen atoms in total. The van der Waals surface area contributed by atoms with E-state index in [1.54, 1.807) is 62.1 Å². The van der Waals surface area contributed by atoms with Crippen LogP contribution >= 0.6 is 0 Å². The van der Waals surface area contributed by atoms with Crippen LogP contribution in [0.1, 0.15) is 23.9 Å². The standard InChI is InChI=1S/C27H23N5O5/c1-3-35-27(34)23-24(33)21(13-17-14-31-25-19(17)6-4-9-30-25)37-26(23)32-20-8-7-18(12-16(20)2)36-15-22-28-10-5-11-29-22/h4-14,32H,3,15H2,1-2H3,(H,30,31)/b21-13-. The van der Waals surface area contributed by atoms with Crippen molar-refractivity contribution in [3.8, 4) is 5.75 Å². The monoisotopic (exact) mass is 497 g/mol. The lowest BCUT2D eigenvalue weighted by Gasteiger charge is -2.13. The molecule has 37 heavy (non-hydrogen) atoms. The van der Waals surface area contributed by atoms with E-state index in [4.69, 9.17) is 14.2 Å². The van der Waals surface area contributed by atoms with Crippen LogP contribution in [0.5, 0.6) is 5.75 Å². The van der Waals surface area contributed by atoms with Gasteiger partial charge in [-0.05, 0) is 61.9 Å². The van der Waals surface area contributed by atoms with Crippen LogP contribution in [0.4, 0.5) is 5.69 Å². The lowest BCUT2D eigenvalue weighted by atomic mass is 10.1. The highest BCUT2D eigenvalue weighted by Gasteiger charge is 2.37. The van der Waals surface area contributed by atoms with Crippen LogP contribution in [0.15, 0.2) is 78.4 Å². The van der Waals surface area contributed by atoms with Gasteiger partial charge in [0.1, 0.15) is 18.0 Å². The molecule has 5 rings (SSSR count). The van der Waals surface area contributed by atoms with Crippen LogP contribution in [0, 0.1) is 6.92 Å². The highest BCUT2D eigenvalue weighted by Crippen LogP contribution is 2.32. The lowest BCUT2D eigenvalue weighted by Crippen LogP contribution is -2.16. The number of ether oxygens (including phenoxy) is 3. The van der Waals surface area contributed by atoms with Crippen molar-refractivity contribution in [2.24, 2.45) is 0 Å². The highest BCUT2D eigenvalue weighted by molar-refractivity contribution is 6.26. The van der Waals surface area contributed by atoms with Crippen LogP contribution in [0.3, 0.4) is 0 Å². The van der Waals surface area contributed by atoms with Crippen LogP contribution in [-0.4, -0.2) is 38.3 Å². The summed E-state index contributed by atoms with van der Waals surface area (Å²) in [6, 6.07) is 10.8. The summed E-state index contributed by atoms with van der Waals surface area (Å²) >= 11 is 0. The number of pyridine rings is 1. The Hall–Kier alpha value is -4.99. The Kier molecular flexibility index (Phi) is 6.62. The number of carbonyl (C=O) groups excluding carboxylic acids is 2. The quantitative estimate of drug-likeness (QED) is 0.210. The minimum absolute atomic E-state index is 0.00196. The molecule has 4 heterocycles. The summed E-state index contributed by atoms with van der Waals surface area (Å²) in [7, 11) is 0. The van der Waals surface area contributed by atoms with Gasteiger partial charge in [0, 0.05) is 41.4 Å². The normalized spacial score (nSPS) is 14.2. The molecule has 1 aliphatic heterocycles. The Morgan fingerprint density at radius 3 is 2.73 bits per heavy atom. The average molecular weight is 498 g/mol. The zero-order valence-corrected chi connectivity index (χ0v) is 20.1. The van der Waals surface area contributed by atoms with E-state index in [2.05, 4.69) is 25.3 Å². The van der Waals surface area contributed by atoms with E-state index in [0.717, 1.165) is 10.9 Å². The van der Waals surface area contributed by atoms with Gasteiger partial charge in [0.15, 0.2) is 17.2 Å². The number of hydrogen-bond donors (Lipinski definition) is 2. The van der Waals surface area contributed by atoms with Crippen molar-refractivity contribution in [3.05, 3.63) is 95.4 Å². The minimum Gasteiger partial charge on any atom is -0.486 e. The molecule has 0 amide bonds. The van der Waals surface area contributed by atoms with Gasteiger partial charge in [-0.3, -0.25) is 4.79 Å². The van der Waals surface area contributed by atoms with Crippen molar-refractivity contribution < 1.29 is 23.8 Å². The molecule has 1 aliphatic rings. The lowest BCUT2D eigenvalue weighted by molar-refractivity contribution is -0.139. The number of carbonyl (C=O) groups is 2. The number of aryl methyl sites for hydroxylation is 1. The molecule has 0 fully saturated rings. The third kappa shape index (κ3) is 5.03. The number of esters is 1. The predicted octanol–water partition coefficient (Wildman–Crippen LogP) is 4.07. The molecule has 1 aromatic carbocycles. The number of anilines is 1. The van der Waals surface area contributed by atoms with Crippen LogP contribution in [0.2, 0.25) is 0 Å². The van der Waals surface area contributed by atoms with Gasteiger partial charge < -0.3 is 24.5 Å². The number of nitrogens with zero attached hydrogens (tertiary/aromatic N) is 3. The fourth-order valence-electron chi connectivity index (χ4n) is 3.78. The molecule has 10 heteroatoms. The van der Waals surface area contributed by atoms with E-state index in [1.165, 1.54) is 0 Å². The van der Waals surface area contributed by atoms with Gasteiger partial charge in [-0.15, -0.1) is 0 Å². The Morgan fingerprint density at radius 2 is 1.95 bits per heavy atom. The number of Topliss-reactive ketones (excluding diaryl/α,β-unsaturated/α-hetero) is 1. The van der Waals surface area contributed by atoms with Crippen molar-refractivity contribution in [3.63, 3.8) is 0 Å². The van der Waals surface area contributed by atoms with Crippen molar-refractivity contribution in [2.75, 3.05) is 11.9 Å². The van der Waals surface area contributed by atoms with E-state index in [9.17, 15) is 9.59 Å². The van der Waals surface area contributed by atoms with Crippen LogP contribution in [-0.2, 0) is 25.7 Å². The topological polar surface area (TPSA) is 128 Å². The van der Waals surface area contributed by atoms with Crippen molar-refractivity contribution in [1.82, 2.24) is 19.9 Å². The Balaban J connectivity index is 1.39. The molecule has 0 saturated heterocycles. The summed E-state index contributed by atoms with van der Waals surface area (Å²) in [4.78, 5) is 41.5. The molecule has 3 aromatic heterocycles. The summed E-state index contributed by atoms with van der Waals surface area (Å²) in [6.07, 6.45) is 8.27. The van der Waals surface area contributed by atoms with E-state index in [1.807, 2.05) is 19.1 Å². The van der Waals surface area contributed by atoms with Gasteiger partial charge in [-0.25, -0.2) is 19.7 Å². The number of nitrogens with one attached hydrogen (secondary N) is 2. The average Bonchev–Trinajstić information content (AvgIpc) is 3.45. The summed E-state index contributed by atoms with van der Waals surface area (Å²) in [6.45, 7) is 3.88. The zero-order chi connectivity index (χ0) is 25.8. The molecule has 2 N–H and O–H groups in total. The molecule has 0 atom stereocenters. The second-order valence-electron chi connectivity index (χ2n) is 8.06. The Bertz CT molecular complexity index is 1540. The number of ketones is 1. The maximum Gasteiger partial charge on any atom is 0.347 e. The smallest absolute Gasteiger partial charge is 0.347 e. The number of hydrogen-bond acceptors (Lipinski definition) is 9. The SMILES string of the molecule is CCOC(=O)C1=C(Nc2ccc(OCc3ncccn3)cc2C)O/C(=C\c2c[nH]c3ncccc23)C1=O. The number of fused-ring (bicyclic) bond motifs is 1. The third-order valence-electron chi connectivity index (χ3n) is 5.57. The zero-order valence-electron chi connectivity index (χ0n) is 20.1. The molecule has 0 bridgehead atoms. The maximum atomic E-state index is 13.2. The first-order chi connectivity index (χ1) is 18.0. The van der Waals surface area contributed by atoms with Gasteiger partial charge in [0.25, 0.3) is 0 Å². The van der Waals surface area contributed by atoms with Crippen molar-refractivity contribution in [1.29, 1.82) is 0 Å². The number of benzene rings is 1. The molecule has 0 saturated carbocycles. The second-order valence-corrected chi connectivity index (χ2v) is 8.06. The van der Waals surface area contributed by atoms with E-state index >= 15 is 0 Å². The first-order valence-electron chi connectivity index (χ1n) is 11.6. The molecule has 186 valence electrons. The third-order valence-corrected chi connectivity index (χ3v) is 5.57. The predicted molar refractivity (Wildman–Crippen MR) is 135 cm³/mol. The molecule has 0 radical (unpaired) electrons. The summed E-state index contributed by atoms with van der Waals surface area (Å²) in [5.41, 5.74) is 2.61. The van der Waals surface area contributed by atoms with E-state index in [-0.39, 0.29) is 30.4 Å². The first-order valence-corrected chi connectivity index (χ1v) is 11.6. The number of aromatic nitrogens is 4. The Morgan fingerprint density at radius 1 is 1.14 bits per heavy atom. The van der Waals surface area contributed by atoms with E-state index in [0.29, 0.717) is 28.5 Å². The second kappa shape index (κ2) is 10.3. The van der Waals surface area contributed by atoms with Gasteiger partial charge in [0.2, 0.25) is 11.7 Å². The maximum absolute atomic E-state index is 13.2. The Labute approximate surface area is 212 Å². The molecule has 0 aliphatic carbocycles. The highest BCUT2D eigenvalue weighted by atomic mass is 16.5. The minimum atomic E-state index is -0.764. The van der Waals surface area contributed by atoms with E-state index < -0.39 is 11.8 Å². The molecular formula is C27H23N5O5. The summed E-state index contributed by atoms with van der Waals surface area (Å²) in [5, 5.41) is 3.89. The largest absolute Gasteiger partial charge is 0.486 e. The molecular weight excluding hydrogens is 474 g/mol. The van der Waals surface area contributed by atoms with Gasteiger partial charge >= 0.3 is 5.97 Å². The summed E-state index contributed by atoms with van der Waals surface area (Å²) in [5.74, 6) is -0.154. The van der Waals surface area contributed by atoms with Gasteiger partial charge in [-0.2, -0.15) is 0 Å². The molecule has 4 aromatic rings. The summed E-state index contributed by atoms with van der Waals surface area (Å²) < 4.78 is 16.8. The van der Waals surface area contributed by atoms with Gasteiger partial charge in [0.05, 0.1) is 6.61 Å². The molecule has 0 unspecified atom stereocenters. The fraction of sp³-hybridized carbons (Fsp3) is 0.148. The van der Waals surface area contributed by atoms with Crippen molar-refractivity contribution >= 4 is 34.5 Å². The van der Waals surface area contributed by atoms with Crippen molar-refractivity contribution in [2.45, 2.75) is 20.5 Å². The van der Waals surface area contributed by atoms with Crippen LogP contribution in [0.25, 0.3) is 17.1 Å². The van der Waals surface area contributed by atoms with Crippen LogP contribution < -0.4 is 10.1 Å². The fourth-order valence-corrected chi connectivity index (χ4v) is 3.78.